The lowest BCUT2D eigenvalue weighted by atomic mass is 9.95. The van der Waals surface area contributed by atoms with Crippen molar-refractivity contribution in [3.8, 4) is 0 Å². The third-order valence-electron chi connectivity index (χ3n) is 5.19. The number of hydrogen-bond donors (Lipinski definition) is 2. The lowest BCUT2D eigenvalue weighted by Gasteiger charge is -2.30. The average Bonchev–Trinajstić information content (AvgIpc) is 2.77. The predicted octanol–water partition coefficient (Wildman–Crippen LogP) is 4.46. The van der Waals surface area contributed by atoms with Gasteiger partial charge in [0.1, 0.15) is 0 Å². The zero-order chi connectivity index (χ0) is 23.1. The first-order chi connectivity index (χ1) is 15.4. The number of halogens is 2. The fourth-order valence-electron chi connectivity index (χ4n) is 3.48. The fraction of sp³-hybridized carbons (Fsp3) is 0.348. The summed E-state index contributed by atoms with van der Waals surface area (Å²) in [6, 6.07) is 11.6. The van der Waals surface area contributed by atoms with Crippen LogP contribution in [0.1, 0.15) is 30.1 Å². The molecule has 3 rings (SSSR count). The largest absolute Gasteiger partial charge is 0.462 e. The summed E-state index contributed by atoms with van der Waals surface area (Å²) >= 11 is 11.9. The Morgan fingerprint density at radius 2 is 1.62 bits per heavy atom. The van der Waals surface area contributed by atoms with Crippen molar-refractivity contribution in [1.29, 1.82) is 0 Å². The van der Waals surface area contributed by atoms with Gasteiger partial charge in [0.25, 0.3) is 0 Å². The molecule has 0 unspecified atom stereocenters. The highest BCUT2D eigenvalue weighted by Crippen LogP contribution is 2.25. The van der Waals surface area contributed by atoms with E-state index in [0.717, 1.165) is 0 Å². The van der Waals surface area contributed by atoms with E-state index in [2.05, 4.69) is 10.6 Å². The molecule has 0 saturated carbocycles. The number of ether oxygens (including phenoxy) is 1. The third-order valence-corrected chi connectivity index (χ3v) is 5.93. The van der Waals surface area contributed by atoms with Crippen molar-refractivity contribution in [2.45, 2.75) is 19.8 Å². The molecular weight excluding hydrogens is 453 g/mol. The summed E-state index contributed by atoms with van der Waals surface area (Å²) in [6.45, 7) is 3.60. The highest BCUT2D eigenvalue weighted by molar-refractivity contribution is 6.42. The molecule has 170 valence electrons. The number of piperidine rings is 1. The Hall–Kier alpha value is -2.61. The van der Waals surface area contributed by atoms with Crippen LogP contribution in [0.3, 0.4) is 0 Å². The molecule has 0 radical (unpaired) electrons. The molecule has 0 bridgehead atoms. The van der Waals surface area contributed by atoms with E-state index in [1.165, 1.54) is 0 Å². The Morgan fingerprint density at radius 3 is 2.25 bits per heavy atom. The van der Waals surface area contributed by atoms with Crippen LogP contribution >= 0.6 is 23.2 Å². The number of anilines is 2. The summed E-state index contributed by atoms with van der Waals surface area (Å²) in [4.78, 5) is 38.6. The predicted molar refractivity (Wildman–Crippen MR) is 125 cm³/mol. The number of carbonyl (C=O) groups is 3. The maximum Gasteiger partial charge on any atom is 0.338 e. The van der Waals surface area contributed by atoms with Crippen LogP contribution in [0.2, 0.25) is 10.0 Å². The number of nitrogens with zero attached hydrogens (tertiary/aromatic N) is 1. The number of hydrogen-bond acceptors (Lipinski definition) is 5. The fourth-order valence-corrected chi connectivity index (χ4v) is 3.78. The standard InChI is InChI=1S/C23H25Cl2N3O4/c1-2-32-23(31)16-3-5-17(6-4-16)27-22(30)15-9-11-28(12-10-15)14-21(29)26-18-7-8-19(24)20(25)13-18/h3-8,13,15H,2,9-12,14H2,1H3,(H,26,29)(H,27,30). The summed E-state index contributed by atoms with van der Waals surface area (Å²) in [5.41, 5.74) is 1.66. The van der Waals surface area contributed by atoms with Crippen LogP contribution in [0.4, 0.5) is 11.4 Å². The molecule has 2 aromatic rings. The summed E-state index contributed by atoms with van der Waals surface area (Å²) < 4.78 is 4.95. The van der Waals surface area contributed by atoms with Crippen molar-refractivity contribution in [3.63, 3.8) is 0 Å². The zero-order valence-electron chi connectivity index (χ0n) is 17.7. The molecule has 1 aliphatic heterocycles. The Labute approximate surface area is 197 Å². The number of benzene rings is 2. The first-order valence-electron chi connectivity index (χ1n) is 10.4. The van der Waals surface area contributed by atoms with Gasteiger partial charge in [0.05, 0.1) is 28.8 Å². The molecule has 0 aliphatic carbocycles. The average molecular weight is 478 g/mol. The first-order valence-corrected chi connectivity index (χ1v) is 11.2. The van der Waals surface area contributed by atoms with Gasteiger partial charge in [0, 0.05) is 17.3 Å². The molecule has 2 amide bonds. The van der Waals surface area contributed by atoms with Gasteiger partial charge < -0.3 is 15.4 Å². The Kier molecular flexibility index (Phi) is 8.50. The second kappa shape index (κ2) is 11.3. The molecule has 32 heavy (non-hydrogen) atoms. The number of nitrogens with one attached hydrogen (secondary N) is 2. The minimum Gasteiger partial charge on any atom is -0.462 e. The lowest BCUT2D eigenvalue weighted by molar-refractivity contribution is -0.121. The summed E-state index contributed by atoms with van der Waals surface area (Å²) in [5.74, 6) is -0.725. The molecule has 1 saturated heterocycles. The first kappa shape index (κ1) is 24.0. The molecule has 7 nitrogen and oxygen atoms in total. The molecule has 9 heteroatoms. The van der Waals surface area contributed by atoms with Gasteiger partial charge >= 0.3 is 5.97 Å². The second-order valence-electron chi connectivity index (χ2n) is 7.51. The maximum atomic E-state index is 12.6. The van der Waals surface area contributed by atoms with Gasteiger partial charge in [-0.05, 0) is 75.3 Å². The molecular formula is C23H25Cl2N3O4. The second-order valence-corrected chi connectivity index (χ2v) is 8.33. The highest BCUT2D eigenvalue weighted by Gasteiger charge is 2.26. The van der Waals surface area contributed by atoms with Crippen molar-refractivity contribution in [2.24, 2.45) is 5.92 Å². The Balaban J connectivity index is 1.43. The number of esters is 1. The minimum atomic E-state index is -0.388. The Morgan fingerprint density at radius 1 is 0.969 bits per heavy atom. The molecule has 0 aromatic heterocycles. The molecule has 1 aliphatic rings. The smallest absolute Gasteiger partial charge is 0.338 e. The van der Waals surface area contributed by atoms with Gasteiger partial charge in [0.15, 0.2) is 0 Å². The van der Waals surface area contributed by atoms with Crippen molar-refractivity contribution >= 4 is 52.4 Å². The van der Waals surface area contributed by atoms with Gasteiger partial charge in [-0.15, -0.1) is 0 Å². The van der Waals surface area contributed by atoms with E-state index in [4.69, 9.17) is 27.9 Å². The Bertz CT molecular complexity index is 974. The van der Waals surface area contributed by atoms with Crippen LogP contribution < -0.4 is 10.6 Å². The van der Waals surface area contributed by atoms with Gasteiger partial charge in [-0.1, -0.05) is 23.2 Å². The molecule has 2 aromatic carbocycles. The van der Waals surface area contributed by atoms with Crippen LogP contribution in [-0.4, -0.2) is 48.9 Å². The van der Waals surface area contributed by atoms with E-state index in [9.17, 15) is 14.4 Å². The van der Waals surface area contributed by atoms with Gasteiger partial charge in [-0.3, -0.25) is 14.5 Å². The van der Waals surface area contributed by atoms with Gasteiger partial charge in [-0.2, -0.15) is 0 Å². The van der Waals surface area contributed by atoms with E-state index in [1.807, 2.05) is 4.90 Å². The number of carbonyl (C=O) groups excluding carboxylic acids is 3. The number of likely N-dealkylation sites (tertiary alicyclic amines) is 1. The monoisotopic (exact) mass is 477 g/mol. The third kappa shape index (κ3) is 6.69. The quantitative estimate of drug-likeness (QED) is 0.574. The van der Waals surface area contributed by atoms with E-state index in [1.54, 1.807) is 49.4 Å². The molecule has 0 spiro atoms. The SMILES string of the molecule is CCOC(=O)c1ccc(NC(=O)C2CCN(CC(=O)Nc3ccc(Cl)c(Cl)c3)CC2)cc1. The van der Waals surface area contributed by atoms with Gasteiger partial charge in [-0.25, -0.2) is 4.79 Å². The van der Waals surface area contributed by atoms with Crippen molar-refractivity contribution in [3.05, 3.63) is 58.1 Å². The number of amides is 2. The highest BCUT2D eigenvalue weighted by atomic mass is 35.5. The van der Waals surface area contributed by atoms with E-state index in [-0.39, 0.29) is 30.2 Å². The summed E-state index contributed by atoms with van der Waals surface area (Å²) in [5, 5.41) is 6.52. The molecule has 0 atom stereocenters. The van der Waals surface area contributed by atoms with Crippen LogP contribution in [0, 0.1) is 5.92 Å². The lowest BCUT2D eigenvalue weighted by Crippen LogP contribution is -2.41. The van der Waals surface area contributed by atoms with E-state index >= 15 is 0 Å². The van der Waals surface area contributed by atoms with Crippen LogP contribution in [0.5, 0.6) is 0 Å². The van der Waals surface area contributed by atoms with E-state index in [0.29, 0.717) is 59.5 Å². The summed E-state index contributed by atoms with van der Waals surface area (Å²) in [7, 11) is 0. The van der Waals surface area contributed by atoms with E-state index < -0.39 is 0 Å². The zero-order valence-corrected chi connectivity index (χ0v) is 19.2. The summed E-state index contributed by atoms with van der Waals surface area (Å²) in [6.07, 6.45) is 1.32. The minimum absolute atomic E-state index is 0.0613. The van der Waals surface area contributed by atoms with Crippen LogP contribution in [0.15, 0.2) is 42.5 Å². The topological polar surface area (TPSA) is 87.7 Å². The van der Waals surface area contributed by atoms with Crippen molar-refractivity contribution in [1.82, 2.24) is 4.90 Å². The van der Waals surface area contributed by atoms with Crippen LogP contribution in [0.25, 0.3) is 0 Å². The normalized spacial score (nSPS) is 14.6. The maximum absolute atomic E-state index is 12.6. The molecule has 1 fully saturated rings. The van der Waals surface area contributed by atoms with Crippen molar-refractivity contribution < 1.29 is 19.1 Å². The molecule has 1 heterocycles. The molecule has 2 N–H and O–H groups in total. The van der Waals surface area contributed by atoms with Gasteiger partial charge in [0.2, 0.25) is 11.8 Å². The number of rotatable bonds is 7. The van der Waals surface area contributed by atoms with Crippen LogP contribution in [-0.2, 0) is 14.3 Å². The van der Waals surface area contributed by atoms with Crippen molar-refractivity contribution in [2.75, 3.05) is 36.9 Å².